The van der Waals surface area contributed by atoms with E-state index in [4.69, 9.17) is 0 Å². The Hall–Kier alpha value is 0.203. The first-order valence-corrected chi connectivity index (χ1v) is 12.8. The predicted molar refractivity (Wildman–Crippen MR) is 130 cm³/mol. The van der Waals surface area contributed by atoms with E-state index in [0.717, 1.165) is 24.2 Å². The molecule has 1 atom stereocenters. The number of rotatable bonds is 8. The van der Waals surface area contributed by atoms with Gasteiger partial charge in [-0.3, -0.25) is 6.08 Å². The van der Waals surface area contributed by atoms with Crippen molar-refractivity contribution in [1.29, 1.82) is 0 Å². The van der Waals surface area contributed by atoms with Crippen molar-refractivity contribution in [1.82, 2.24) is 0 Å². The van der Waals surface area contributed by atoms with Crippen molar-refractivity contribution in [2.24, 2.45) is 17.8 Å². The van der Waals surface area contributed by atoms with Crippen LogP contribution in [0.4, 0.5) is 0 Å². The van der Waals surface area contributed by atoms with Gasteiger partial charge >= 0.3 is 26.2 Å². The van der Waals surface area contributed by atoms with E-state index in [-0.39, 0.29) is 58.9 Å². The first-order chi connectivity index (χ1) is 13.4. The van der Waals surface area contributed by atoms with E-state index in [1.165, 1.54) is 41.5 Å². The number of fused-ring (bicyclic) bond motifs is 1. The average Bonchev–Trinajstić information content (AvgIpc) is 3.31. The quantitative estimate of drug-likeness (QED) is 0.345. The molecule has 1 aliphatic carbocycles. The van der Waals surface area contributed by atoms with Crippen LogP contribution in [0.3, 0.4) is 0 Å². The van der Waals surface area contributed by atoms with E-state index in [2.05, 4.69) is 96.2 Å². The van der Waals surface area contributed by atoms with Gasteiger partial charge in [-0.1, -0.05) is 67.9 Å². The smallest absolute Gasteiger partial charge is 1.00 e. The van der Waals surface area contributed by atoms with Gasteiger partial charge in [-0.25, -0.2) is 11.6 Å². The molecule has 0 aliphatic heterocycles. The minimum Gasteiger partial charge on any atom is -1.00 e. The van der Waals surface area contributed by atoms with E-state index < -0.39 is 0 Å². The summed E-state index contributed by atoms with van der Waals surface area (Å²) in [5.74, 6) is 2.32. The van der Waals surface area contributed by atoms with Gasteiger partial charge in [-0.2, -0.15) is 12.1 Å². The van der Waals surface area contributed by atoms with Crippen molar-refractivity contribution in [3.05, 3.63) is 60.2 Å². The molecule has 0 amide bonds. The molecule has 4 heteroatoms. The minimum absolute atomic E-state index is 0. The SMILES string of the molecule is CC(C)CP(CC(C)C)c1cc2ccccc2[cH-]1.CCCC(C)C1=[C-]CC=C1.[Cl-].[Cl-].[Zr+4]. The van der Waals surface area contributed by atoms with Gasteiger partial charge in [-0.15, -0.1) is 46.8 Å². The molecule has 1 aliphatic rings. The third-order valence-corrected chi connectivity index (χ3v) is 8.44. The number of benzene rings is 1. The molecule has 0 saturated heterocycles. The molecular formula is C27H39Cl2PZr. The van der Waals surface area contributed by atoms with Gasteiger partial charge < -0.3 is 24.8 Å². The molecule has 1 unspecified atom stereocenters. The molecule has 31 heavy (non-hydrogen) atoms. The van der Waals surface area contributed by atoms with E-state index in [0.29, 0.717) is 0 Å². The van der Waals surface area contributed by atoms with E-state index in [9.17, 15) is 0 Å². The second-order valence-corrected chi connectivity index (χ2v) is 11.3. The molecule has 0 heterocycles. The number of hydrogen-bond donors (Lipinski definition) is 0. The maximum atomic E-state index is 3.35. The zero-order chi connectivity index (χ0) is 20.5. The summed E-state index contributed by atoms with van der Waals surface area (Å²) in [6.45, 7) is 13.9. The van der Waals surface area contributed by atoms with Gasteiger partial charge in [-0.05, 0) is 30.6 Å². The van der Waals surface area contributed by atoms with Gasteiger partial charge in [0.15, 0.2) is 0 Å². The van der Waals surface area contributed by atoms with Crippen LogP contribution in [0.5, 0.6) is 0 Å². The summed E-state index contributed by atoms with van der Waals surface area (Å²) in [6.07, 6.45) is 14.1. The zero-order valence-corrected chi connectivity index (χ0v) is 25.0. The number of halogens is 2. The minimum atomic E-state index is 0. The number of hydrogen-bond acceptors (Lipinski definition) is 0. The third kappa shape index (κ3) is 11.8. The molecule has 0 saturated carbocycles. The van der Waals surface area contributed by atoms with Crippen LogP contribution in [0, 0.1) is 23.8 Å². The Morgan fingerprint density at radius 2 is 1.61 bits per heavy atom. The Bertz CT molecular complexity index is 733. The van der Waals surface area contributed by atoms with E-state index in [1.807, 2.05) is 0 Å². The topological polar surface area (TPSA) is 0 Å². The van der Waals surface area contributed by atoms with Gasteiger partial charge in [0.25, 0.3) is 0 Å². The van der Waals surface area contributed by atoms with Crippen molar-refractivity contribution in [2.75, 3.05) is 12.3 Å². The fraction of sp³-hybridized carbons (Fsp3) is 0.519. The second kappa shape index (κ2) is 17.6. The van der Waals surface area contributed by atoms with Gasteiger partial charge in [0.2, 0.25) is 0 Å². The van der Waals surface area contributed by atoms with Crippen molar-refractivity contribution >= 4 is 24.0 Å². The van der Waals surface area contributed by atoms with Crippen LogP contribution in [0.2, 0.25) is 0 Å². The second-order valence-electron chi connectivity index (χ2n) is 8.96. The van der Waals surface area contributed by atoms with Crippen molar-refractivity contribution in [3.8, 4) is 0 Å². The molecule has 0 spiro atoms. The third-order valence-electron chi connectivity index (χ3n) is 5.11. The molecule has 0 nitrogen and oxygen atoms in total. The average molecular weight is 557 g/mol. The summed E-state index contributed by atoms with van der Waals surface area (Å²) < 4.78 is 0. The Morgan fingerprint density at radius 3 is 2.10 bits per heavy atom. The predicted octanol–water partition coefficient (Wildman–Crippen LogP) is 2.10. The van der Waals surface area contributed by atoms with Crippen LogP contribution < -0.4 is 30.1 Å². The van der Waals surface area contributed by atoms with Crippen molar-refractivity contribution in [3.63, 3.8) is 0 Å². The maximum absolute atomic E-state index is 3.35. The van der Waals surface area contributed by atoms with Crippen LogP contribution in [0.15, 0.2) is 54.1 Å². The number of allylic oxidation sites excluding steroid dienone is 4. The summed E-state index contributed by atoms with van der Waals surface area (Å²) in [4.78, 5) is 0. The van der Waals surface area contributed by atoms with Crippen LogP contribution in [0.1, 0.15) is 60.8 Å². The van der Waals surface area contributed by atoms with Crippen LogP contribution in [-0.2, 0) is 26.2 Å². The molecular weight excluding hydrogens is 517 g/mol. The monoisotopic (exact) mass is 554 g/mol. The van der Waals surface area contributed by atoms with Crippen molar-refractivity contribution < 1.29 is 51.0 Å². The van der Waals surface area contributed by atoms with Gasteiger partial charge in [0, 0.05) is 0 Å². The Kier molecular flexibility index (Phi) is 19.0. The van der Waals surface area contributed by atoms with E-state index >= 15 is 0 Å². The Morgan fingerprint density at radius 1 is 1.00 bits per heavy atom. The standard InChI is InChI=1S/C17H24P.C10H15.2ClH.Zr/c1-13(2)11-18(12-14(3)4)17-9-15-7-5-6-8-16(15)10-17;1-3-6-9(2)10-7-4-5-8-10;;;/h5-10,13-14H,11-12H2,1-4H3;4,7,9H,3,5-6H2,1-2H3;2*1H;/q2*-1;;;+4/p-2. The normalized spacial score (nSPS) is 13.3. The molecule has 2 aromatic rings. The summed E-state index contributed by atoms with van der Waals surface area (Å²) in [7, 11) is 0.0185. The molecule has 2 aromatic carbocycles. The molecule has 0 radical (unpaired) electrons. The fourth-order valence-electron chi connectivity index (χ4n) is 3.83. The molecule has 0 bridgehead atoms. The van der Waals surface area contributed by atoms with Gasteiger partial charge in [0.05, 0.1) is 0 Å². The maximum Gasteiger partial charge on any atom is 4.00 e. The summed E-state index contributed by atoms with van der Waals surface area (Å²) in [5, 5.41) is 4.42. The molecule has 0 aromatic heterocycles. The van der Waals surface area contributed by atoms with Crippen LogP contribution in [-0.4, -0.2) is 12.3 Å². The van der Waals surface area contributed by atoms with Crippen molar-refractivity contribution in [2.45, 2.75) is 60.8 Å². The molecule has 170 valence electrons. The molecule has 0 fully saturated rings. The fourth-order valence-corrected chi connectivity index (χ4v) is 6.81. The van der Waals surface area contributed by atoms with Crippen LogP contribution in [0.25, 0.3) is 10.8 Å². The summed E-state index contributed by atoms with van der Waals surface area (Å²) >= 11 is 0. The first kappa shape index (κ1) is 33.4. The Labute approximate surface area is 224 Å². The largest absolute Gasteiger partial charge is 4.00 e. The van der Waals surface area contributed by atoms with Crippen LogP contribution >= 0.6 is 7.92 Å². The zero-order valence-electron chi connectivity index (χ0n) is 20.1. The molecule has 3 rings (SSSR count). The van der Waals surface area contributed by atoms with Gasteiger partial charge in [0.1, 0.15) is 0 Å². The summed E-state index contributed by atoms with van der Waals surface area (Å²) in [5.41, 5.74) is 1.42. The Balaban J connectivity index is 0. The first-order valence-electron chi connectivity index (χ1n) is 11.1. The summed E-state index contributed by atoms with van der Waals surface area (Å²) in [6, 6.07) is 13.6. The molecule has 0 N–H and O–H groups in total. The van der Waals surface area contributed by atoms with E-state index in [1.54, 1.807) is 5.30 Å².